The molecule has 0 radical (unpaired) electrons. The Morgan fingerprint density at radius 3 is 2.67 bits per heavy atom. The number of nitrogens with one attached hydrogen (secondary N) is 1. The number of ether oxygens (including phenoxy) is 1. The summed E-state index contributed by atoms with van der Waals surface area (Å²) >= 11 is 7.30. The van der Waals surface area contributed by atoms with E-state index < -0.39 is 5.82 Å². The first kappa shape index (κ1) is 16.4. The van der Waals surface area contributed by atoms with Gasteiger partial charge in [0.05, 0.1) is 17.8 Å². The summed E-state index contributed by atoms with van der Waals surface area (Å²) in [6.45, 7) is 0. The molecule has 1 aromatic heterocycles. The van der Waals surface area contributed by atoms with Gasteiger partial charge in [0, 0.05) is 16.5 Å². The van der Waals surface area contributed by atoms with Gasteiger partial charge in [-0.2, -0.15) is 0 Å². The highest BCUT2D eigenvalue weighted by Gasteiger charge is 2.12. The Morgan fingerprint density at radius 2 is 2.00 bits per heavy atom. The average molecular weight is 363 g/mol. The maximum absolute atomic E-state index is 13.1. The second-order valence-electron chi connectivity index (χ2n) is 4.84. The van der Waals surface area contributed by atoms with Crippen LogP contribution in [0.3, 0.4) is 0 Å². The SMILES string of the molecule is COc1ccc(C(=O)Nc2nc(-c3ccc(F)cc3Cl)cs2)cc1. The van der Waals surface area contributed by atoms with Crippen LogP contribution in [0, 0.1) is 5.82 Å². The minimum Gasteiger partial charge on any atom is -0.497 e. The third kappa shape index (κ3) is 3.55. The van der Waals surface area contributed by atoms with Gasteiger partial charge < -0.3 is 4.74 Å². The highest BCUT2D eigenvalue weighted by Crippen LogP contribution is 2.31. The Kier molecular flexibility index (Phi) is 4.78. The van der Waals surface area contributed by atoms with Crippen molar-refractivity contribution in [3.05, 3.63) is 64.2 Å². The van der Waals surface area contributed by atoms with Crippen molar-refractivity contribution in [2.75, 3.05) is 12.4 Å². The van der Waals surface area contributed by atoms with E-state index in [1.165, 1.54) is 23.5 Å². The molecule has 3 rings (SSSR count). The first-order valence-electron chi connectivity index (χ1n) is 6.93. The summed E-state index contributed by atoms with van der Waals surface area (Å²) in [6, 6.07) is 10.9. The molecule has 2 aromatic carbocycles. The van der Waals surface area contributed by atoms with Crippen LogP contribution in [0.25, 0.3) is 11.3 Å². The number of anilines is 1. The fourth-order valence-corrected chi connectivity index (χ4v) is 3.03. The number of carbonyl (C=O) groups excluding carboxylic acids is 1. The third-order valence-electron chi connectivity index (χ3n) is 3.28. The number of nitrogens with zero attached hydrogens (tertiary/aromatic N) is 1. The first-order chi connectivity index (χ1) is 11.6. The van der Waals surface area contributed by atoms with Gasteiger partial charge in [0.2, 0.25) is 0 Å². The predicted octanol–water partition coefficient (Wildman–Crippen LogP) is 4.86. The van der Waals surface area contributed by atoms with Gasteiger partial charge in [-0.05, 0) is 42.5 Å². The molecule has 0 aliphatic carbocycles. The van der Waals surface area contributed by atoms with E-state index in [9.17, 15) is 9.18 Å². The second-order valence-corrected chi connectivity index (χ2v) is 6.11. The number of benzene rings is 2. The van der Waals surface area contributed by atoms with Crippen molar-refractivity contribution in [1.29, 1.82) is 0 Å². The monoisotopic (exact) mass is 362 g/mol. The van der Waals surface area contributed by atoms with Gasteiger partial charge in [0.15, 0.2) is 5.13 Å². The maximum Gasteiger partial charge on any atom is 0.257 e. The smallest absolute Gasteiger partial charge is 0.257 e. The molecule has 1 N–H and O–H groups in total. The van der Waals surface area contributed by atoms with E-state index in [0.717, 1.165) is 0 Å². The molecule has 0 saturated carbocycles. The van der Waals surface area contributed by atoms with E-state index in [0.29, 0.717) is 27.7 Å². The molecule has 0 aliphatic heterocycles. The molecule has 1 amide bonds. The Hall–Kier alpha value is -2.44. The summed E-state index contributed by atoms with van der Waals surface area (Å²) in [7, 11) is 1.56. The lowest BCUT2D eigenvalue weighted by Crippen LogP contribution is -2.11. The van der Waals surface area contributed by atoms with Crippen LogP contribution in [-0.4, -0.2) is 18.0 Å². The number of methoxy groups -OCH3 is 1. The maximum atomic E-state index is 13.1. The largest absolute Gasteiger partial charge is 0.497 e. The summed E-state index contributed by atoms with van der Waals surface area (Å²) in [4.78, 5) is 16.5. The summed E-state index contributed by atoms with van der Waals surface area (Å²) < 4.78 is 18.2. The highest BCUT2D eigenvalue weighted by atomic mass is 35.5. The first-order valence-corrected chi connectivity index (χ1v) is 8.19. The lowest BCUT2D eigenvalue weighted by atomic mass is 10.2. The van der Waals surface area contributed by atoms with E-state index in [-0.39, 0.29) is 10.9 Å². The van der Waals surface area contributed by atoms with Crippen molar-refractivity contribution in [2.24, 2.45) is 0 Å². The van der Waals surface area contributed by atoms with Crippen molar-refractivity contribution in [3.63, 3.8) is 0 Å². The van der Waals surface area contributed by atoms with Crippen molar-refractivity contribution in [2.45, 2.75) is 0 Å². The van der Waals surface area contributed by atoms with Gasteiger partial charge in [-0.15, -0.1) is 11.3 Å². The van der Waals surface area contributed by atoms with Crippen LogP contribution >= 0.6 is 22.9 Å². The van der Waals surface area contributed by atoms with Crippen molar-refractivity contribution in [3.8, 4) is 17.0 Å². The van der Waals surface area contributed by atoms with Crippen molar-refractivity contribution < 1.29 is 13.9 Å². The summed E-state index contributed by atoms with van der Waals surface area (Å²) in [5.41, 5.74) is 1.68. The summed E-state index contributed by atoms with van der Waals surface area (Å²) in [5, 5.41) is 5.19. The topological polar surface area (TPSA) is 51.2 Å². The van der Waals surface area contributed by atoms with Crippen LogP contribution in [0.15, 0.2) is 47.8 Å². The Morgan fingerprint density at radius 1 is 1.25 bits per heavy atom. The molecule has 122 valence electrons. The number of hydrogen-bond donors (Lipinski definition) is 1. The van der Waals surface area contributed by atoms with E-state index >= 15 is 0 Å². The third-order valence-corrected chi connectivity index (χ3v) is 4.35. The fourth-order valence-electron chi connectivity index (χ4n) is 2.06. The van der Waals surface area contributed by atoms with Gasteiger partial charge in [-0.1, -0.05) is 11.6 Å². The quantitative estimate of drug-likeness (QED) is 0.720. The van der Waals surface area contributed by atoms with Gasteiger partial charge in [-0.3, -0.25) is 10.1 Å². The van der Waals surface area contributed by atoms with Crippen LogP contribution in [0.2, 0.25) is 5.02 Å². The van der Waals surface area contributed by atoms with E-state index in [2.05, 4.69) is 10.3 Å². The zero-order valence-electron chi connectivity index (χ0n) is 12.5. The lowest BCUT2D eigenvalue weighted by Gasteiger charge is -2.03. The average Bonchev–Trinajstić information content (AvgIpc) is 3.03. The van der Waals surface area contributed by atoms with Gasteiger partial charge >= 0.3 is 0 Å². The summed E-state index contributed by atoms with van der Waals surface area (Å²) in [5.74, 6) is -0.00944. The molecule has 0 unspecified atom stereocenters. The van der Waals surface area contributed by atoms with Crippen LogP contribution in [0.5, 0.6) is 5.75 Å². The molecule has 1 heterocycles. The standard InChI is InChI=1S/C17H12ClFN2O2S/c1-23-12-5-2-10(3-6-12)16(22)21-17-20-15(9-24-17)13-7-4-11(19)8-14(13)18/h2-9H,1H3,(H,20,21,22). The molecule has 0 atom stereocenters. The molecule has 0 bridgehead atoms. The number of halogens is 2. The van der Waals surface area contributed by atoms with Crippen molar-refractivity contribution in [1.82, 2.24) is 4.98 Å². The molecular formula is C17H12ClFN2O2S. The summed E-state index contributed by atoms with van der Waals surface area (Å²) in [6.07, 6.45) is 0. The number of amides is 1. The predicted molar refractivity (Wildman–Crippen MR) is 93.5 cm³/mol. The second kappa shape index (κ2) is 6.98. The van der Waals surface area contributed by atoms with Crippen LogP contribution in [-0.2, 0) is 0 Å². The molecule has 0 spiro atoms. The number of rotatable bonds is 4. The molecular weight excluding hydrogens is 351 g/mol. The molecule has 7 heteroatoms. The minimum absolute atomic E-state index is 0.272. The number of aromatic nitrogens is 1. The Labute approximate surface area is 146 Å². The number of hydrogen-bond acceptors (Lipinski definition) is 4. The lowest BCUT2D eigenvalue weighted by molar-refractivity contribution is 0.102. The van der Waals surface area contributed by atoms with E-state index in [1.54, 1.807) is 42.8 Å². The van der Waals surface area contributed by atoms with Gasteiger partial charge in [0.1, 0.15) is 11.6 Å². The molecule has 0 fully saturated rings. The fraction of sp³-hybridized carbons (Fsp3) is 0.0588. The Bertz CT molecular complexity index is 881. The van der Waals surface area contributed by atoms with Gasteiger partial charge in [0.25, 0.3) is 5.91 Å². The number of thiazole rings is 1. The van der Waals surface area contributed by atoms with Crippen molar-refractivity contribution >= 4 is 34.0 Å². The van der Waals surface area contributed by atoms with Crippen LogP contribution < -0.4 is 10.1 Å². The molecule has 0 saturated heterocycles. The van der Waals surface area contributed by atoms with Crippen LogP contribution in [0.4, 0.5) is 9.52 Å². The Balaban J connectivity index is 1.76. The molecule has 24 heavy (non-hydrogen) atoms. The normalized spacial score (nSPS) is 10.5. The van der Waals surface area contributed by atoms with Gasteiger partial charge in [-0.25, -0.2) is 9.37 Å². The molecule has 3 aromatic rings. The minimum atomic E-state index is -0.410. The van der Waals surface area contributed by atoms with Crippen LogP contribution in [0.1, 0.15) is 10.4 Å². The highest BCUT2D eigenvalue weighted by molar-refractivity contribution is 7.14. The van der Waals surface area contributed by atoms with E-state index in [4.69, 9.17) is 16.3 Å². The zero-order valence-corrected chi connectivity index (χ0v) is 14.1. The molecule has 0 aliphatic rings. The number of carbonyl (C=O) groups is 1. The molecule has 4 nitrogen and oxygen atoms in total. The van der Waals surface area contributed by atoms with E-state index in [1.807, 2.05) is 0 Å². The zero-order chi connectivity index (χ0) is 17.1.